The van der Waals surface area contributed by atoms with Gasteiger partial charge in [-0.3, -0.25) is 0 Å². The van der Waals surface area contributed by atoms with Crippen LogP contribution >= 0.6 is 11.6 Å². The van der Waals surface area contributed by atoms with Crippen LogP contribution in [0.1, 0.15) is 23.8 Å². The predicted octanol–water partition coefficient (Wildman–Crippen LogP) is 4.47. The average molecular weight is 387 g/mol. The number of hydrazone groups is 1. The molecule has 132 valence electrons. The predicted molar refractivity (Wildman–Crippen MR) is 99.5 cm³/mol. The van der Waals surface area contributed by atoms with Crippen LogP contribution < -0.4 is 0 Å². The molecule has 0 N–H and O–H groups in total. The van der Waals surface area contributed by atoms with Crippen LogP contribution in [0.3, 0.4) is 0 Å². The molecule has 1 aromatic heterocycles. The first-order valence-electron chi connectivity index (χ1n) is 8.02. The maximum absolute atomic E-state index is 13.2. The Morgan fingerprint density at radius 2 is 1.73 bits per heavy atom. The highest BCUT2D eigenvalue weighted by Gasteiger charge is 2.39. The molecular formula is C19H15ClN2O3S. The molecule has 0 aliphatic carbocycles. The first-order chi connectivity index (χ1) is 12.6. The minimum atomic E-state index is -3.83. The molecule has 2 heterocycles. The summed E-state index contributed by atoms with van der Waals surface area (Å²) < 4.78 is 32.9. The first-order valence-corrected chi connectivity index (χ1v) is 9.84. The van der Waals surface area contributed by atoms with E-state index in [-0.39, 0.29) is 4.90 Å². The van der Waals surface area contributed by atoms with Crippen LogP contribution in [-0.4, -0.2) is 18.5 Å². The van der Waals surface area contributed by atoms with Crippen LogP contribution in [0.2, 0.25) is 5.02 Å². The third-order valence-corrected chi connectivity index (χ3v) is 6.27. The lowest BCUT2D eigenvalue weighted by Crippen LogP contribution is -2.27. The molecule has 1 aliphatic heterocycles. The summed E-state index contributed by atoms with van der Waals surface area (Å²) in [6.07, 6.45) is 1.92. The Bertz CT molecular complexity index is 1050. The zero-order valence-corrected chi connectivity index (χ0v) is 15.2. The molecule has 0 unspecified atom stereocenters. The van der Waals surface area contributed by atoms with Crippen LogP contribution in [0, 0.1) is 0 Å². The lowest BCUT2D eigenvalue weighted by Gasteiger charge is -2.24. The second-order valence-electron chi connectivity index (χ2n) is 5.86. The molecule has 5 nitrogen and oxygen atoms in total. The molecule has 0 saturated heterocycles. The van der Waals surface area contributed by atoms with Gasteiger partial charge >= 0.3 is 0 Å². The summed E-state index contributed by atoms with van der Waals surface area (Å²) in [7, 11) is -3.83. The van der Waals surface area contributed by atoms with Gasteiger partial charge in [-0.2, -0.15) is 17.9 Å². The van der Waals surface area contributed by atoms with E-state index >= 15 is 0 Å². The van der Waals surface area contributed by atoms with Gasteiger partial charge in [-0.1, -0.05) is 48.0 Å². The smallest absolute Gasteiger partial charge is 0.279 e. The fraction of sp³-hybridized carbons (Fsp3) is 0.105. The summed E-state index contributed by atoms with van der Waals surface area (Å²) in [5, 5.41) is 4.89. The van der Waals surface area contributed by atoms with Crippen LogP contribution in [0.25, 0.3) is 0 Å². The van der Waals surface area contributed by atoms with E-state index in [0.717, 1.165) is 4.41 Å². The van der Waals surface area contributed by atoms with Gasteiger partial charge in [0.2, 0.25) is 0 Å². The van der Waals surface area contributed by atoms with E-state index in [1.54, 1.807) is 48.5 Å². The quantitative estimate of drug-likeness (QED) is 0.664. The molecule has 26 heavy (non-hydrogen) atoms. The van der Waals surface area contributed by atoms with Gasteiger partial charge in [0.1, 0.15) is 11.5 Å². The van der Waals surface area contributed by atoms with E-state index in [0.29, 0.717) is 28.5 Å². The molecular weight excluding hydrogens is 372 g/mol. The zero-order chi connectivity index (χ0) is 18.1. The minimum Gasteiger partial charge on any atom is -0.463 e. The number of nitrogens with zero attached hydrogens (tertiary/aromatic N) is 2. The number of hydrogen-bond acceptors (Lipinski definition) is 4. The molecule has 0 radical (unpaired) electrons. The summed E-state index contributed by atoms with van der Waals surface area (Å²) in [6.45, 7) is 0. The van der Waals surface area contributed by atoms with Crippen LogP contribution in [0.4, 0.5) is 0 Å². The van der Waals surface area contributed by atoms with Crippen molar-refractivity contribution in [1.82, 2.24) is 4.41 Å². The molecule has 7 heteroatoms. The molecule has 2 aromatic carbocycles. The topological polar surface area (TPSA) is 62.9 Å². The maximum Gasteiger partial charge on any atom is 0.279 e. The maximum atomic E-state index is 13.2. The number of furan rings is 1. The van der Waals surface area contributed by atoms with E-state index in [9.17, 15) is 8.42 Å². The van der Waals surface area contributed by atoms with Crippen LogP contribution in [0.5, 0.6) is 0 Å². The highest BCUT2D eigenvalue weighted by molar-refractivity contribution is 7.89. The van der Waals surface area contributed by atoms with Crippen LogP contribution in [0.15, 0.2) is 87.4 Å². The second kappa shape index (κ2) is 6.63. The number of benzene rings is 2. The van der Waals surface area contributed by atoms with Gasteiger partial charge in [0.05, 0.1) is 17.2 Å². The molecule has 0 bridgehead atoms. The standard InChI is InChI=1S/C19H15ClN2O3S/c20-16-10-5-4-9-15(16)18-13-17(19-11-6-12-25-19)21-22(18)26(23,24)14-7-2-1-3-8-14/h1-12,18H,13H2/t18-/m1/s1. The summed E-state index contributed by atoms with van der Waals surface area (Å²) in [5.41, 5.74) is 1.28. The number of hydrogen-bond donors (Lipinski definition) is 0. The van der Waals surface area contributed by atoms with E-state index in [2.05, 4.69) is 5.10 Å². The molecule has 0 amide bonds. The number of sulfonamides is 1. The fourth-order valence-corrected chi connectivity index (χ4v) is 4.69. The van der Waals surface area contributed by atoms with E-state index in [4.69, 9.17) is 16.0 Å². The Morgan fingerprint density at radius 1 is 1.00 bits per heavy atom. The van der Waals surface area contributed by atoms with Gasteiger partial charge in [0.15, 0.2) is 0 Å². The van der Waals surface area contributed by atoms with Crippen molar-refractivity contribution in [3.63, 3.8) is 0 Å². The van der Waals surface area contributed by atoms with E-state index < -0.39 is 16.1 Å². The van der Waals surface area contributed by atoms with Crippen molar-refractivity contribution < 1.29 is 12.8 Å². The highest BCUT2D eigenvalue weighted by atomic mass is 35.5. The van der Waals surface area contributed by atoms with Crippen molar-refractivity contribution in [3.8, 4) is 0 Å². The third kappa shape index (κ3) is 2.91. The summed E-state index contributed by atoms with van der Waals surface area (Å²) >= 11 is 6.34. The van der Waals surface area contributed by atoms with Crippen molar-refractivity contribution in [1.29, 1.82) is 0 Å². The zero-order valence-electron chi connectivity index (χ0n) is 13.6. The van der Waals surface area contributed by atoms with Crippen molar-refractivity contribution in [2.45, 2.75) is 17.4 Å². The molecule has 3 aromatic rings. The summed E-state index contributed by atoms with van der Waals surface area (Å²) in [6, 6.07) is 18.4. The fourth-order valence-electron chi connectivity index (χ4n) is 2.98. The van der Waals surface area contributed by atoms with Gasteiger partial charge in [0, 0.05) is 11.4 Å². The van der Waals surface area contributed by atoms with Crippen molar-refractivity contribution in [2.75, 3.05) is 0 Å². The van der Waals surface area contributed by atoms with Gasteiger partial charge in [0.25, 0.3) is 10.0 Å². The summed E-state index contributed by atoms with van der Waals surface area (Å²) in [5.74, 6) is 0.549. The van der Waals surface area contributed by atoms with Gasteiger partial charge < -0.3 is 4.42 Å². The van der Waals surface area contributed by atoms with Gasteiger partial charge in [-0.15, -0.1) is 0 Å². The Morgan fingerprint density at radius 3 is 2.42 bits per heavy atom. The Balaban J connectivity index is 1.83. The van der Waals surface area contributed by atoms with Gasteiger partial charge in [-0.05, 0) is 35.9 Å². The Kier molecular flexibility index (Phi) is 4.30. The van der Waals surface area contributed by atoms with Crippen molar-refractivity contribution in [2.24, 2.45) is 5.10 Å². The Hall–Kier alpha value is -2.57. The molecule has 0 saturated carbocycles. The SMILES string of the molecule is O=S(=O)(c1ccccc1)N1N=C(c2ccco2)C[C@@H]1c1ccccc1Cl. The average Bonchev–Trinajstić information content (AvgIpc) is 3.33. The van der Waals surface area contributed by atoms with Crippen molar-refractivity contribution >= 4 is 27.3 Å². The molecule has 4 rings (SSSR count). The van der Waals surface area contributed by atoms with Gasteiger partial charge in [-0.25, -0.2) is 0 Å². The molecule has 0 spiro atoms. The van der Waals surface area contributed by atoms with E-state index in [1.807, 2.05) is 18.2 Å². The van der Waals surface area contributed by atoms with Crippen molar-refractivity contribution in [3.05, 3.63) is 89.3 Å². The number of halogens is 1. The third-order valence-electron chi connectivity index (χ3n) is 4.23. The molecule has 0 fully saturated rings. The minimum absolute atomic E-state index is 0.182. The van der Waals surface area contributed by atoms with Crippen LogP contribution in [-0.2, 0) is 10.0 Å². The highest BCUT2D eigenvalue weighted by Crippen LogP contribution is 2.39. The lowest BCUT2D eigenvalue weighted by molar-refractivity contribution is 0.371. The lowest BCUT2D eigenvalue weighted by atomic mass is 10.0. The first kappa shape index (κ1) is 16.9. The van der Waals surface area contributed by atoms with E-state index in [1.165, 1.54) is 6.26 Å². The molecule has 1 aliphatic rings. The largest absolute Gasteiger partial charge is 0.463 e. The Labute approximate surface area is 156 Å². The molecule has 1 atom stereocenters. The summed E-state index contributed by atoms with van der Waals surface area (Å²) in [4.78, 5) is 0.182. The second-order valence-corrected chi connectivity index (χ2v) is 8.06. The monoisotopic (exact) mass is 386 g/mol. The normalized spacial score (nSPS) is 17.3. The number of rotatable bonds is 4.